The van der Waals surface area contributed by atoms with Gasteiger partial charge in [0, 0.05) is 62.9 Å². The van der Waals surface area contributed by atoms with Crippen molar-refractivity contribution in [2.45, 2.75) is 53.4 Å². The van der Waals surface area contributed by atoms with Crippen LogP contribution in [0.3, 0.4) is 0 Å². The van der Waals surface area contributed by atoms with E-state index < -0.39 is 11.4 Å². The van der Waals surface area contributed by atoms with Crippen molar-refractivity contribution in [3.63, 3.8) is 0 Å². The number of hydrogen-bond acceptors (Lipinski definition) is 29. The predicted octanol–water partition coefficient (Wildman–Crippen LogP) is 5.04. The lowest BCUT2D eigenvalue weighted by molar-refractivity contribution is -0.254. The molecule has 0 aliphatic rings. The zero-order valence-electron chi connectivity index (χ0n) is 42.5. The quantitative estimate of drug-likeness (QED) is 0.0154. The van der Waals surface area contributed by atoms with E-state index in [1.54, 1.807) is 86.8 Å². The summed E-state index contributed by atoms with van der Waals surface area (Å²) >= 11 is 0. The number of benzene rings is 3. The Morgan fingerprint density at radius 1 is 0.519 bits per heavy atom. The Kier molecular flexibility index (Phi) is 21.1. The van der Waals surface area contributed by atoms with Gasteiger partial charge in [-0.15, -0.1) is 5.11 Å². The van der Waals surface area contributed by atoms with Crippen LogP contribution in [0.2, 0.25) is 0 Å². The third kappa shape index (κ3) is 16.7. The fourth-order valence-electron chi connectivity index (χ4n) is 7.56. The van der Waals surface area contributed by atoms with Crippen LogP contribution >= 0.6 is 0 Å². The van der Waals surface area contributed by atoms with E-state index >= 15 is 0 Å². The molecule has 0 radical (unpaired) electrons. The van der Waals surface area contributed by atoms with Crippen molar-refractivity contribution in [1.82, 2.24) is 39.0 Å². The molecule has 0 unspecified atom stereocenters. The summed E-state index contributed by atoms with van der Waals surface area (Å²) in [6.07, 6.45) is 1.66. The number of pyridine rings is 2. The number of hydrazine groups is 1. The number of aliphatic hydroxyl groups excluding tert-OH is 2. The second-order valence-electron chi connectivity index (χ2n) is 17.0. The molecule has 15 N–H and O–H groups in total. The summed E-state index contributed by atoms with van der Waals surface area (Å²) in [6, 6.07) is 19.8. The summed E-state index contributed by atoms with van der Waals surface area (Å²) in [4.78, 5) is 70.3. The van der Waals surface area contributed by atoms with E-state index in [4.69, 9.17) is 21.0 Å². The lowest BCUT2D eigenvalue weighted by atomic mass is 10.1. The Labute approximate surface area is 448 Å². The van der Waals surface area contributed by atoms with E-state index in [-0.39, 0.29) is 132 Å². The number of nitrogens with zero attached hydrogens (tertiary/aromatic N) is 10. The van der Waals surface area contributed by atoms with E-state index in [9.17, 15) is 24.9 Å². The molecule has 7 rings (SSSR count). The van der Waals surface area contributed by atoms with Gasteiger partial charge in [0.25, 0.3) is 11.1 Å². The molecule has 31 heteroatoms. The lowest BCUT2D eigenvalue weighted by Gasteiger charge is -2.16. The van der Waals surface area contributed by atoms with Crippen LogP contribution < -0.4 is 53.9 Å². The van der Waals surface area contributed by atoms with Crippen LogP contribution in [-0.2, 0) is 59.1 Å². The molecule has 418 valence electrons. The summed E-state index contributed by atoms with van der Waals surface area (Å²) in [5, 5.41) is 92.6. The predicted molar refractivity (Wildman–Crippen MR) is 287 cm³/mol. The molecule has 7 aromatic rings. The Morgan fingerprint density at radius 3 is 1.46 bits per heavy atom. The number of nitrogens with one attached hydrogen (secondary N) is 8. The molecule has 0 aliphatic heterocycles. The molecule has 0 bridgehead atoms. The minimum Gasteiger partial charge on any atom is -0.493 e. The topological polar surface area (TPSA) is 421 Å². The van der Waals surface area contributed by atoms with Crippen LogP contribution in [0, 0.1) is 13.8 Å². The standard InChI is InChI=1S/C48H58N18O13/c1-28-7-12-65(41(70)39(28)63-61-36-20-30(24-76-72)18-31(21-36)25-77-73)13-8-49-43-55-45(51-10-15-67)59-47(57-43)53-34-3-5-35(6-4-34)54-48-58-44(56-46(60-48)52-11-16-68)50-9-14-66-38(69)17-29(2)40(42(66)71)64-62-37-22-32(26-78-74)19-33(23-37)27-79-75/h3-7,12,17-23,61,63,67-68,71-75H,8-11,13-16,24-27H2,1-2H3,(H3,49,51,53,55,57,59)(H3,50,52,54,56,58,60). The summed E-state index contributed by atoms with van der Waals surface area (Å²) in [6.45, 7) is 3.10. The van der Waals surface area contributed by atoms with Gasteiger partial charge in [-0.2, -0.15) is 35.0 Å². The number of aliphatic hydroxyl groups is 2. The zero-order valence-corrected chi connectivity index (χ0v) is 42.5. The second kappa shape index (κ2) is 28.9. The molecular formula is C48H58N18O13. The average molecular weight is 1100 g/mol. The molecule has 3 aromatic carbocycles. The number of aromatic hydroxyl groups is 1. The summed E-state index contributed by atoms with van der Waals surface area (Å²) in [5.41, 5.74) is 10.5. The molecule has 0 atom stereocenters. The first-order valence-corrected chi connectivity index (χ1v) is 24.1. The normalized spacial score (nSPS) is 11.2. The van der Waals surface area contributed by atoms with Gasteiger partial charge in [-0.25, -0.2) is 19.6 Å². The molecule has 4 heterocycles. The average Bonchev–Trinajstić information content (AvgIpc) is 3.45. The van der Waals surface area contributed by atoms with Gasteiger partial charge in [0.1, 0.15) is 37.8 Å². The minimum absolute atomic E-state index is 0.0229. The molecule has 4 aromatic heterocycles. The van der Waals surface area contributed by atoms with Gasteiger partial charge >= 0.3 is 0 Å². The van der Waals surface area contributed by atoms with Crippen molar-refractivity contribution in [3.05, 3.63) is 133 Å². The van der Waals surface area contributed by atoms with Gasteiger partial charge in [-0.05, 0) is 102 Å². The molecule has 0 amide bonds. The van der Waals surface area contributed by atoms with Gasteiger partial charge in [0.15, 0.2) is 0 Å². The summed E-state index contributed by atoms with van der Waals surface area (Å²) in [7, 11) is 0. The van der Waals surface area contributed by atoms with Crippen molar-refractivity contribution in [2.75, 3.05) is 82.1 Å². The minimum atomic E-state index is -0.511. The molecule has 0 aliphatic carbocycles. The summed E-state index contributed by atoms with van der Waals surface area (Å²) in [5.74, 6) is 0.376. The fraction of sp³-hybridized carbons (Fsp3) is 0.292. The first-order valence-electron chi connectivity index (χ1n) is 24.1. The van der Waals surface area contributed by atoms with E-state index in [0.717, 1.165) is 4.57 Å². The van der Waals surface area contributed by atoms with Crippen LogP contribution in [0.1, 0.15) is 33.4 Å². The smallest absolute Gasteiger partial charge is 0.276 e. The highest BCUT2D eigenvalue weighted by Crippen LogP contribution is 2.31. The largest absolute Gasteiger partial charge is 0.493 e. The molecule has 0 saturated carbocycles. The molecule has 31 nitrogen and oxygen atoms in total. The van der Waals surface area contributed by atoms with E-state index in [1.165, 1.54) is 10.6 Å². The maximum absolute atomic E-state index is 13.6. The Hall–Kier alpha value is -9.02. The number of anilines is 10. The lowest BCUT2D eigenvalue weighted by Crippen LogP contribution is -2.28. The number of rotatable bonds is 31. The van der Waals surface area contributed by atoms with Gasteiger partial charge in [-0.3, -0.25) is 40.6 Å². The number of aryl methyl sites for hydroxylation is 2. The van der Waals surface area contributed by atoms with Gasteiger partial charge < -0.3 is 57.2 Å². The van der Waals surface area contributed by atoms with Crippen LogP contribution in [-0.4, -0.2) is 115 Å². The van der Waals surface area contributed by atoms with Crippen LogP contribution in [0.25, 0.3) is 0 Å². The van der Waals surface area contributed by atoms with Crippen molar-refractivity contribution in [1.29, 1.82) is 0 Å². The first kappa shape index (κ1) is 57.7. The Morgan fingerprint density at radius 2 is 0.975 bits per heavy atom. The maximum atomic E-state index is 13.6. The van der Waals surface area contributed by atoms with E-state index in [0.29, 0.717) is 56.1 Å². The summed E-state index contributed by atoms with van der Waals surface area (Å²) < 4.78 is 2.59. The molecular weight excluding hydrogens is 1040 g/mol. The third-order valence-electron chi connectivity index (χ3n) is 11.1. The SMILES string of the molecule is Cc1cc(=O)n(CCNc2nc(NCCO)nc(Nc3ccc(Nc4nc(NCCO)nc(NCCn5ccc(C)c(NNc6cc(COO)cc(COO)c6)c5=O)n4)cc3)n2)c(O)c1N=Nc1cc(COO)cc(COO)c1. The van der Waals surface area contributed by atoms with Crippen LogP contribution in [0.5, 0.6) is 5.88 Å². The Balaban J connectivity index is 0.988. The van der Waals surface area contributed by atoms with Crippen molar-refractivity contribution in [3.8, 4) is 5.88 Å². The highest BCUT2D eigenvalue weighted by molar-refractivity contribution is 5.63. The second-order valence-corrected chi connectivity index (χ2v) is 17.0. The van der Waals surface area contributed by atoms with Crippen LogP contribution in [0.15, 0.2) is 98.8 Å². The number of hydrogen-bond donors (Lipinski definition) is 15. The van der Waals surface area contributed by atoms with Crippen LogP contribution in [0.4, 0.5) is 69.8 Å². The first-order chi connectivity index (χ1) is 38.4. The van der Waals surface area contributed by atoms with Gasteiger partial charge in [0.05, 0.1) is 24.6 Å². The number of azo groups is 1. The van der Waals surface area contributed by atoms with Crippen molar-refractivity contribution < 1.29 is 55.9 Å². The fourth-order valence-corrected chi connectivity index (χ4v) is 7.56. The van der Waals surface area contributed by atoms with Crippen molar-refractivity contribution >= 4 is 69.8 Å². The molecule has 0 fully saturated rings. The van der Waals surface area contributed by atoms with Gasteiger partial charge in [-0.1, -0.05) is 12.1 Å². The van der Waals surface area contributed by atoms with E-state index in [1.807, 2.05) is 0 Å². The third-order valence-corrected chi connectivity index (χ3v) is 11.1. The monoisotopic (exact) mass is 1090 g/mol. The van der Waals surface area contributed by atoms with Gasteiger partial charge in [0.2, 0.25) is 41.6 Å². The molecule has 0 saturated heterocycles. The zero-order chi connectivity index (χ0) is 56.1. The highest BCUT2D eigenvalue weighted by Gasteiger charge is 2.16. The van der Waals surface area contributed by atoms with E-state index in [2.05, 4.69) is 102 Å². The highest BCUT2D eigenvalue weighted by atomic mass is 17.1. The number of aromatic nitrogens is 8. The molecule has 0 spiro atoms. The Bertz CT molecular complexity index is 3250. The van der Waals surface area contributed by atoms with Crippen molar-refractivity contribution in [2.24, 2.45) is 10.2 Å². The molecule has 79 heavy (non-hydrogen) atoms. The maximum Gasteiger partial charge on any atom is 0.276 e.